The van der Waals surface area contributed by atoms with E-state index in [-0.39, 0.29) is 17.3 Å². The van der Waals surface area contributed by atoms with Gasteiger partial charge >= 0.3 is 0 Å². The second-order valence-electron chi connectivity index (χ2n) is 6.44. The first kappa shape index (κ1) is 21.1. The van der Waals surface area contributed by atoms with Gasteiger partial charge in [0.1, 0.15) is 0 Å². The van der Waals surface area contributed by atoms with Gasteiger partial charge in [0.15, 0.2) is 0 Å². The first-order valence-electron chi connectivity index (χ1n) is 8.81. The fraction of sp³-hybridized carbons (Fsp3) is 0.300. The van der Waals surface area contributed by atoms with E-state index in [1.54, 1.807) is 30.3 Å². The molecule has 2 aromatic rings. The topological polar surface area (TPSA) is 58.6 Å². The quantitative estimate of drug-likeness (QED) is 0.656. The molecule has 1 amide bonds. The van der Waals surface area contributed by atoms with E-state index in [1.807, 2.05) is 12.1 Å². The summed E-state index contributed by atoms with van der Waals surface area (Å²) in [7, 11) is 0. The lowest BCUT2D eigenvalue weighted by atomic mass is 10.0. The zero-order valence-corrected chi connectivity index (χ0v) is 17.2. The average Bonchev–Trinajstić information content (AvgIpc) is 2.69. The van der Waals surface area contributed by atoms with Gasteiger partial charge < -0.3 is 10.1 Å². The van der Waals surface area contributed by atoms with Crippen molar-refractivity contribution < 1.29 is 14.3 Å². The first-order valence-corrected chi connectivity index (χ1v) is 9.95. The average molecular weight is 442 g/mol. The van der Waals surface area contributed by atoms with Crippen molar-refractivity contribution in [2.75, 3.05) is 31.6 Å². The number of nitrogens with one attached hydrogen (secondary N) is 1. The van der Waals surface area contributed by atoms with Crippen LogP contribution in [0.2, 0.25) is 10.0 Å². The summed E-state index contributed by atoms with van der Waals surface area (Å²) < 4.78 is 5.83. The fourth-order valence-electron chi connectivity index (χ4n) is 3.01. The molecule has 0 radical (unpaired) electrons. The molecule has 1 aliphatic rings. The lowest BCUT2D eigenvalue weighted by Gasteiger charge is -2.32. The summed E-state index contributed by atoms with van der Waals surface area (Å²) in [5.74, 6) is -0.298. The van der Waals surface area contributed by atoms with Crippen LogP contribution in [-0.4, -0.2) is 42.3 Å². The van der Waals surface area contributed by atoms with E-state index >= 15 is 0 Å². The van der Waals surface area contributed by atoms with Crippen LogP contribution in [0.4, 0.5) is 5.69 Å². The van der Waals surface area contributed by atoms with Crippen molar-refractivity contribution in [1.82, 2.24) is 4.90 Å². The second-order valence-corrected chi connectivity index (χ2v) is 7.67. The Bertz CT molecular complexity index is 838. The van der Waals surface area contributed by atoms with Crippen LogP contribution in [0.3, 0.4) is 0 Å². The standard InChI is InChI=1S/C20H19Cl3N2O3/c21-15-2-1-3-16(22)19(15)24-20(27)14-6-4-13(5-7-14)17-12-25(10-11-28-17)9-8-18(23)26/h1-7,17H,8-12H2,(H,24,27). The van der Waals surface area contributed by atoms with Gasteiger partial charge in [-0.1, -0.05) is 41.4 Å². The molecule has 0 saturated carbocycles. The minimum atomic E-state index is -0.336. The zero-order chi connectivity index (χ0) is 20.1. The molecular weight excluding hydrogens is 423 g/mol. The minimum absolute atomic E-state index is 0.116. The number of benzene rings is 2. The van der Waals surface area contributed by atoms with Crippen molar-refractivity contribution in [2.45, 2.75) is 12.5 Å². The number of hydrogen-bond donors (Lipinski definition) is 1. The molecule has 1 unspecified atom stereocenters. The van der Waals surface area contributed by atoms with Crippen LogP contribution in [0.1, 0.15) is 28.4 Å². The van der Waals surface area contributed by atoms with E-state index in [9.17, 15) is 9.59 Å². The van der Waals surface area contributed by atoms with E-state index < -0.39 is 0 Å². The van der Waals surface area contributed by atoms with E-state index in [0.29, 0.717) is 47.4 Å². The van der Waals surface area contributed by atoms with Gasteiger partial charge in [-0.25, -0.2) is 0 Å². The van der Waals surface area contributed by atoms with Gasteiger partial charge in [-0.05, 0) is 41.4 Å². The predicted molar refractivity (Wildman–Crippen MR) is 111 cm³/mol. The molecule has 1 N–H and O–H groups in total. The molecule has 1 saturated heterocycles. The number of ether oxygens (including phenoxy) is 1. The Morgan fingerprint density at radius 2 is 1.79 bits per heavy atom. The van der Waals surface area contributed by atoms with Crippen molar-refractivity contribution >= 4 is 51.6 Å². The van der Waals surface area contributed by atoms with E-state index in [2.05, 4.69) is 10.2 Å². The number of para-hydroxylation sites is 1. The summed E-state index contributed by atoms with van der Waals surface area (Å²) in [5, 5.41) is 3.16. The predicted octanol–water partition coefficient (Wildman–Crippen LogP) is 4.77. The maximum absolute atomic E-state index is 12.5. The second kappa shape index (κ2) is 9.72. The molecule has 0 aliphatic carbocycles. The Hall–Kier alpha value is -1.63. The summed E-state index contributed by atoms with van der Waals surface area (Å²) in [5.41, 5.74) is 1.84. The van der Waals surface area contributed by atoms with Gasteiger partial charge in [0.05, 0.1) is 28.4 Å². The number of morpholine rings is 1. The number of amides is 1. The van der Waals surface area contributed by atoms with Crippen LogP contribution in [0, 0.1) is 0 Å². The van der Waals surface area contributed by atoms with Gasteiger partial charge in [0.2, 0.25) is 5.24 Å². The summed E-state index contributed by atoms with van der Waals surface area (Å²) in [6, 6.07) is 12.2. The molecule has 0 spiro atoms. The molecule has 28 heavy (non-hydrogen) atoms. The minimum Gasteiger partial charge on any atom is -0.371 e. The Kier molecular flexibility index (Phi) is 7.32. The summed E-state index contributed by atoms with van der Waals surface area (Å²) >= 11 is 17.6. The maximum Gasteiger partial charge on any atom is 0.255 e. The van der Waals surface area contributed by atoms with Crippen LogP contribution in [0.5, 0.6) is 0 Å². The monoisotopic (exact) mass is 440 g/mol. The van der Waals surface area contributed by atoms with Crippen molar-refractivity contribution in [3.05, 3.63) is 63.6 Å². The van der Waals surface area contributed by atoms with Gasteiger partial charge in [0, 0.05) is 31.6 Å². The number of hydrogen-bond acceptors (Lipinski definition) is 4. The van der Waals surface area contributed by atoms with E-state index in [0.717, 1.165) is 12.1 Å². The highest BCUT2D eigenvalue weighted by Gasteiger charge is 2.22. The third-order valence-corrected chi connectivity index (χ3v) is 5.34. The highest BCUT2D eigenvalue weighted by molar-refractivity contribution is 6.63. The normalized spacial score (nSPS) is 17.3. The fourth-order valence-corrected chi connectivity index (χ4v) is 3.58. The molecule has 0 aromatic heterocycles. The summed E-state index contributed by atoms with van der Waals surface area (Å²) in [4.78, 5) is 25.6. The Morgan fingerprint density at radius 3 is 2.43 bits per heavy atom. The van der Waals surface area contributed by atoms with Crippen LogP contribution in [-0.2, 0) is 9.53 Å². The molecule has 3 rings (SSSR count). The zero-order valence-electron chi connectivity index (χ0n) is 15.0. The van der Waals surface area contributed by atoms with E-state index in [1.165, 1.54) is 0 Å². The van der Waals surface area contributed by atoms with Crippen LogP contribution < -0.4 is 5.32 Å². The maximum atomic E-state index is 12.5. The SMILES string of the molecule is O=C(Cl)CCN1CCOC(c2ccc(C(=O)Nc3c(Cl)cccc3Cl)cc2)C1. The van der Waals surface area contributed by atoms with Crippen LogP contribution in [0.15, 0.2) is 42.5 Å². The largest absolute Gasteiger partial charge is 0.371 e. The first-order chi connectivity index (χ1) is 13.4. The van der Waals surface area contributed by atoms with Crippen LogP contribution in [0.25, 0.3) is 0 Å². The molecule has 1 fully saturated rings. The van der Waals surface area contributed by atoms with Gasteiger partial charge in [-0.2, -0.15) is 0 Å². The number of carbonyl (C=O) groups is 2. The third kappa shape index (κ3) is 5.46. The molecule has 1 heterocycles. The number of nitrogens with zero attached hydrogens (tertiary/aromatic N) is 1. The smallest absolute Gasteiger partial charge is 0.255 e. The third-order valence-electron chi connectivity index (χ3n) is 4.52. The van der Waals surface area contributed by atoms with E-state index in [4.69, 9.17) is 39.5 Å². The summed E-state index contributed by atoms with van der Waals surface area (Å²) in [6.07, 6.45) is 0.201. The lowest BCUT2D eigenvalue weighted by Crippen LogP contribution is -2.39. The number of carbonyl (C=O) groups excluding carboxylic acids is 2. The molecule has 5 nitrogen and oxygen atoms in total. The van der Waals surface area contributed by atoms with Crippen LogP contribution >= 0.6 is 34.8 Å². The van der Waals surface area contributed by atoms with Crippen molar-refractivity contribution in [3.8, 4) is 0 Å². The van der Waals surface area contributed by atoms with Gasteiger partial charge in [0.25, 0.3) is 5.91 Å². The van der Waals surface area contributed by atoms with Gasteiger partial charge in [-0.15, -0.1) is 0 Å². The Balaban J connectivity index is 1.64. The van der Waals surface area contributed by atoms with Crippen molar-refractivity contribution in [3.63, 3.8) is 0 Å². The number of halogens is 3. The Morgan fingerprint density at radius 1 is 1.11 bits per heavy atom. The van der Waals surface area contributed by atoms with Crippen molar-refractivity contribution in [2.24, 2.45) is 0 Å². The molecule has 148 valence electrons. The summed E-state index contributed by atoms with van der Waals surface area (Å²) in [6.45, 7) is 2.63. The molecular formula is C20H19Cl3N2O3. The Labute approximate surface area is 178 Å². The highest BCUT2D eigenvalue weighted by atomic mass is 35.5. The molecule has 8 heteroatoms. The molecule has 0 bridgehead atoms. The van der Waals surface area contributed by atoms with Gasteiger partial charge in [-0.3, -0.25) is 14.5 Å². The molecule has 1 atom stereocenters. The highest BCUT2D eigenvalue weighted by Crippen LogP contribution is 2.30. The molecule has 1 aliphatic heterocycles. The lowest BCUT2D eigenvalue weighted by molar-refractivity contribution is -0.112. The number of anilines is 1. The number of rotatable bonds is 6. The molecule has 2 aromatic carbocycles. The van der Waals surface area contributed by atoms with Crippen molar-refractivity contribution in [1.29, 1.82) is 0 Å².